The summed E-state index contributed by atoms with van der Waals surface area (Å²) in [7, 11) is 0. The highest BCUT2D eigenvalue weighted by molar-refractivity contribution is 5.95. The quantitative estimate of drug-likeness (QED) is 0.896. The fraction of sp³-hybridized carbons (Fsp3) is 0.312. The Labute approximate surface area is 126 Å². The summed E-state index contributed by atoms with van der Waals surface area (Å²) in [6.07, 6.45) is 1.29. The summed E-state index contributed by atoms with van der Waals surface area (Å²) in [5.74, 6) is -2.12. The normalized spacial score (nSPS) is 21.4. The molecular formula is C16H16F2N2O2. The summed E-state index contributed by atoms with van der Waals surface area (Å²) in [6.45, 7) is 1.96. The number of aliphatic hydroxyl groups is 1. The Kier molecular flexibility index (Phi) is 3.70. The molecule has 1 aliphatic rings. The molecule has 1 aromatic carbocycles. The Bertz CT molecular complexity index is 714. The highest BCUT2D eigenvalue weighted by Gasteiger charge is 2.36. The lowest BCUT2D eigenvalue weighted by molar-refractivity contribution is 0.0715. The molecule has 0 saturated carbocycles. The van der Waals surface area contributed by atoms with E-state index in [1.54, 1.807) is 19.2 Å². The van der Waals surface area contributed by atoms with Crippen LogP contribution in [0.4, 0.5) is 8.78 Å². The number of aliphatic hydroxyl groups excluding tert-OH is 1. The van der Waals surface area contributed by atoms with E-state index in [9.17, 15) is 18.7 Å². The van der Waals surface area contributed by atoms with Gasteiger partial charge in [-0.1, -0.05) is 6.07 Å². The van der Waals surface area contributed by atoms with E-state index in [1.807, 2.05) is 0 Å². The molecular weight excluding hydrogens is 290 g/mol. The summed E-state index contributed by atoms with van der Waals surface area (Å²) in [5.41, 5.74) is 1.73. The zero-order chi connectivity index (χ0) is 15.9. The molecule has 1 amide bonds. The number of aromatic nitrogens is 1. The third-order valence-corrected chi connectivity index (χ3v) is 4.05. The van der Waals surface area contributed by atoms with E-state index >= 15 is 0 Å². The summed E-state index contributed by atoms with van der Waals surface area (Å²) in [5, 5.41) is 9.90. The van der Waals surface area contributed by atoms with Gasteiger partial charge in [0.2, 0.25) is 0 Å². The number of nitrogens with one attached hydrogen (secondary N) is 1. The van der Waals surface area contributed by atoms with Gasteiger partial charge in [0.15, 0.2) is 11.6 Å². The second-order valence-corrected chi connectivity index (χ2v) is 5.55. The number of rotatable bonds is 2. The maximum absolute atomic E-state index is 13.4. The first-order valence-corrected chi connectivity index (χ1v) is 7.05. The summed E-state index contributed by atoms with van der Waals surface area (Å²) in [4.78, 5) is 17.1. The maximum Gasteiger partial charge on any atom is 0.256 e. The van der Waals surface area contributed by atoms with Crippen LogP contribution in [0.3, 0.4) is 0 Å². The van der Waals surface area contributed by atoms with Gasteiger partial charge in [0.05, 0.1) is 17.7 Å². The van der Waals surface area contributed by atoms with E-state index in [-0.39, 0.29) is 12.5 Å². The minimum atomic E-state index is -0.955. The van der Waals surface area contributed by atoms with E-state index in [0.717, 1.165) is 17.8 Å². The standard InChI is InChI=1S/C16H16F2N2O2/c1-9-12(4-5-19-9)16(22)20-8-11(21)7-15(20)10-2-3-13(17)14(18)6-10/h2-6,11,15,19,21H,7-8H2,1H3/t11-,15+/m1/s1. The van der Waals surface area contributed by atoms with Crippen LogP contribution in [-0.4, -0.2) is 33.5 Å². The van der Waals surface area contributed by atoms with Gasteiger partial charge in [-0.15, -0.1) is 0 Å². The Morgan fingerprint density at radius 1 is 1.32 bits per heavy atom. The summed E-state index contributed by atoms with van der Waals surface area (Å²) < 4.78 is 26.5. The monoisotopic (exact) mass is 306 g/mol. The smallest absolute Gasteiger partial charge is 0.256 e. The van der Waals surface area contributed by atoms with Crippen molar-refractivity contribution in [1.29, 1.82) is 0 Å². The Morgan fingerprint density at radius 3 is 2.73 bits per heavy atom. The van der Waals surface area contributed by atoms with Crippen molar-refractivity contribution in [3.8, 4) is 0 Å². The van der Waals surface area contributed by atoms with Crippen molar-refractivity contribution in [3.05, 3.63) is 58.9 Å². The molecule has 2 N–H and O–H groups in total. The third kappa shape index (κ3) is 2.50. The van der Waals surface area contributed by atoms with Crippen LogP contribution in [-0.2, 0) is 0 Å². The molecule has 2 heterocycles. The van der Waals surface area contributed by atoms with Crippen molar-refractivity contribution in [2.75, 3.05) is 6.54 Å². The lowest BCUT2D eigenvalue weighted by Gasteiger charge is -2.25. The van der Waals surface area contributed by atoms with Crippen LogP contribution < -0.4 is 0 Å². The minimum absolute atomic E-state index is 0.174. The number of carbonyl (C=O) groups excluding carboxylic acids is 1. The molecule has 0 aliphatic carbocycles. The second kappa shape index (κ2) is 5.53. The summed E-state index contributed by atoms with van der Waals surface area (Å²) in [6, 6.07) is 4.78. The third-order valence-electron chi connectivity index (χ3n) is 4.05. The second-order valence-electron chi connectivity index (χ2n) is 5.55. The molecule has 1 fully saturated rings. The number of nitrogens with zero attached hydrogens (tertiary/aromatic N) is 1. The van der Waals surface area contributed by atoms with Gasteiger partial charge in [-0.05, 0) is 37.1 Å². The lowest BCUT2D eigenvalue weighted by atomic mass is 10.0. The lowest BCUT2D eigenvalue weighted by Crippen LogP contribution is -2.32. The average molecular weight is 306 g/mol. The number of aryl methyl sites for hydroxylation is 1. The molecule has 0 radical (unpaired) electrons. The Balaban J connectivity index is 1.94. The van der Waals surface area contributed by atoms with Gasteiger partial charge in [-0.2, -0.15) is 0 Å². The van der Waals surface area contributed by atoms with Gasteiger partial charge in [0.1, 0.15) is 0 Å². The Hall–Kier alpha value is -2.21. The zero-order valence-electron chi connectivity index (χ0n) is 12.0. The molecule has 2 aromatic rings. The number of carbonyl (C=O) groups is 1. The molecule has 0 bridgehead atoms. The first-order valence-electron chi connectivity index (χ1n) is 7.05. The fourth-order valence-corrected chi connectivity index (χ4v) is 2.91. The van der Waals surface area contributed by atoms with Gasteiger partial charge in [0, 0.05) is 18.4 Å². The topological polar surface area (TPSA) is 56.3 Å². The Morgan fingerprint density at radius 2 is 2.09 bits per heavy atom. The highest BCUT2D eigenvalue weighted by atomic mass is 19.2. The SMILES string of the molecule is Cc1[nH]ccc1C(=O)N1C[C@H](O)C[C@H]1c1ccc(F)c(F)c1. The number of H-pyrrole nitrogens is 1. The van der Waals surface area contributed by atoms with Gasteiger partial charge in [-0.25, -0.2) is 8.78 Å². The predicted octanol–water partition coefficient (Wildman–Crippen LogP) is 2.55. The molecule has 1 aliphatic heterocycles. The molecule has 1 aromatic heterocycles. The minimum Gasteiger partial charge on any atom is -0.391 e. The van der Waals surface area contributed by atoms with Crippen molar-refractivity contribution in [2.45, 2.75) is 25.5 Å². The van der Waals surface area contributed by atoms with Crippen LogP contribution in [0.2, 0.25) is 0 Å². The zero-order valence-corrected chi connectivity index (χ0v) is 12.0. The molecule has 0 spiro atoms. The molecule has 6 heteroatoms. The van der Waals surface area contributed by atoms with Gasteiger partial charge >= 0.3 is 0 Å². The first kappa shape index (κ1) is 14.7. The number of hydrogen-bond donors (Lipinski definition) is 2. The number of hydrogen-bond acceptors (Lipinski definition) is 2. The van der Waals surface area contributed by atoms with Gasteiger partial charge < -0.3 is 15.0 Å². The van der Waals surface area contributed by atoms with E-state index < -0.39 is 23.8 Å². The number of aromatic amines is 1. The van der Waals surface area contributed by atoms with Crippen molar-refractivity contribution in [2.24, 2.45) is 0 Å². The van der Waals surface area contributed by atoms with Crippen LogP contribution in [0.1, 0.15) is 34.1 Å². The summed E-state index contributed by atoms with van der Waals surface area (Å²) >= 11 is 0. The van der Waals surface area contributed by atoms with Gasteiger partial charge in [-0.3, -0.25) is 4.79 Å². The first-order chi connectivity index (χ1) is 10.5. The van der Waals surface area contributed by atoms with Crippen molar-refractivity contribution < 1.29 is 18.7 Å². The molecule has 1 saturated heterocycles. The molecule has 2 atom stereocenters. The van der Waals surface area contributed by atoms with Crippen LogP contribution in [0.25, 0.3) is 0 Å². The molecule has 3 rings (SSSR count). The van der Waals surface area contributed by atoms with Crippen molar-refractivity contribution in [3.63, 3.8) is 0 Å². The number of halogens is 2. The predicted molar refractivity (Wildman–Crippen MR) is 76.3 cm³/mol. The van der Waals surface area contributed by atoms with Crippen molar-refractivity contribution >= 4 is 5.91 Å². The van der Waals surface area contributed by atoms with E-state index in [1.165, 1.54) is 11.0 Å². The number of benzene rings is 1. The molecule has 0 unspecified atom stereocenters. The van der Waals surface area contributed by atoms with E-state index in [4.69, 9.17) is 0 Å². The van der Waals surface area contributed by atoms with Crippen LogP contribution >= 0.6 is 0 Å². The maximum atomic E-state index is 13.4. The van der Waals surface area contributed by atoms with E-state index in [2.05, 4.69) is 4.98 Å². The van der Waals surface area contributed by atoms with Gasteiger partial charge in [0.25, 0.3) is 5.91 Å². The fourth-order valence-electron chi connectivity index (χ4n) is 2.91. The molecule has 116 valence electrons. The average Bonchev–Trinajstić information content (AvgIpc) is 3.07. The number of likely N-dealkylation sites (tertiary alicyclic amines) is 1. The molecule has 4 nitrogen and oxygen atoms in total. The van der Waals surface area contributed by atoms with Crippen LogP contribution in [0, 0.1) is 18.6 Å². The van der Waals surface area contributed by atoms with E-state index in [0.29, 0.717) is 17.5 Å². The molecule has 22 heavy (non-hydrogen) atoms. The highest BCUT2D eigenvalue weighted by Crippen LogP contribution is 2.34. The largest absolute Gasteiger partial charge is 0.391 e. The van der Waals surface area contributed by atoms with Crippen LogP contribution in [0.5, 0.6) is 0 Å². The number of amides is 1. The van der Waals surface area contributed by atoms with Crippen LogP contribution in [0.15, 0.2) is 30.5 Å². The number of β-amino-alcohol motifs (C(OH)–C–C–N with tert-alkyl or cyclic N) is 1. The van der Waals surface area contributed by atoms with Crippen molar-refractivity contribution in [1.82, 2.24) is 9.88 Å².